The standard InChI is InChI=1S/C18H23FN2O2S/c1-14(18(22)20-10-9-17-4-3-13-24-17)21(2)11-12-23-16-7-5-15(19)6-8-16/h3-8,13-14H,9-12H2,1-2H3,(H,20,22). The van der Waals surface area contributed by atoms with Crippen LogP contribution >= 0.6 is 11.3 Å². The predicted octanol–water partition coefficient (Wildman–Crippen LogP) is 2.95. The number of likely N-dealkylation sites (N-methyl/N-ethyl adjacent to an activating group) is 1. The third kappa shape index (κ3) is 5.94. The number of amides is 1. The summed E-state index contributed by atoms with van der Waals surface area (Å²) < 4.78 is 18.4. The van der Waals surface area contributed by atoms with Crippen molar-refractivity contribution in [3.05, 3.63) is 52.5 Å². The SMILES string of the molecule is CC(C(=O)NCCc1cccs1)N(C)CCOc1ccc(F)cc1. The molecule has 24 heavy (non-hydrogen) atoms. The normalized spacial score (nSPS) is 12.2. The topological polar surface area (TPSA) is 41.6 Å². The van der Waals surface area contributed by atoms with E-state index in [0.29, 0.717) is 25.4 Å². The minimum atomic E-state index is -0.285. The van der Waals surface area contributed by atoms with E-state index < -0.39 is 0 Å². The first-order valence-corrected chi connectivity index (χ1v) is 8.83. The summed E-state index contributed by atoms with van der Waals surface area (Å²) in [4.78, 5) is 15.4. The minimum absolute atomic E-state index is 0.0100. The summed E-state index contributed by atoms with van der Waals surface area (Å²) in [6.45, 7) is 3.56. The van der Waals surface area contributed by atoms with Crippen molar-refractivity contribution in [2.24, 2.45) is 0 Å². The second kappa shape index (κ2) is 9.39. The molecular formula is C18H23FN2O2S. The van der Waals surface area contributed by atoms with Gasteiger partial charge in [-0.15, -0.1) is 11.3 Å². The zero-order chi connectivity index (χ0) is 17.4. The smallest absolute Gasteiger partial charge is 0.237 e. The molecule has 0 radical (unpaired) electrons. The van der Waals surface area contributed by atoms with Gasteiger partial charge in [0.1, 0.15) is 18.2 Å². The number of hydrogen-bond acceptors (Lipinski definition) is 4. The van der Waals surface area contributed by atoms with Gasteiger partial charge in [-0.25, -0.2) is 4.39 Å². The maximum absolute atomic E-state index is 12.8. The number of halogens is 1. The van der Waals surface area contributed by atoms with E-state index in [1.807, 2.05) is 30.3 Å². The third-order valence-electron chi connectivity index (χ3n) is 3.82. The number of carbonyl (C=O) groups is 1. The molecule has 0 saturated heterocycles. The van der Waals surface area contributed by atoms with Crippen LogP contribution in [0.25, 0.3) is 0 Å². The zero-order valence-corrected chi connectivity index (χ0v) is 14.8. The molecule has 0 saturated carbocycles. The molecular weight excluding hydrogens is 327 g/mol. The number of thiophene rings is 1. The Morgan fingerprint density at radius 2 is 2.08 bits per heavy atom. The number of nitrogens with zero attached hydrogens (tertiary/aromatic N) is 1. The van der Waals surface area contributed by atoms with Crippen molar-refractivity contribution in [3.63, 3.8) is 0 Å². The van der Waals surface area contributed by atoms with Crippen LogP contribution in [0.2, 0.25) is 0 Å². The lowest BCUT2D eigenvalue weighted by Gasteiger charge is -2.23. The zero-order valence-electron chi connectivity index (χ0n) is 14.0. The van der Waals surface area contributed by atoms with Gasteiger partial charge in [0, 0.05) is 18.0 Å². The molecule has 0 aliphatic carbocycles. The van der Waals surface area contributed by atoms with Gasteiger partial charge in [0.2, 0.25) is 5.91 Å². The van der Waals surface area contributed by atoms with Gasteiger partial charge in [-0.3, -0.25) is 9.69 Å². The summed E-state index contributed by atoms with van der Waals surface area (Å²) in [6, 6.07) is 9.76. The van der Waals surface area contributed by atoms with Crippen LogP contribution in [0.1, 0.15) is 11.8 Å². The Morgan fingerprint density at radius 3 is 2.75 bits per heavy atom. The van der Waals surface area contributed by atoms with Crippen LogP contribution in [-0.4, -0.2) is 43.6 Å². The van der Waals surface area contributed by atoms with Crippen LogP contribution in [0, 0.1) is 5.82 Å². The van der Waals surface area contributed by atoms with Gasteiger partial charge in [0.15, 0.2) is 0 Å². The van der Waals surface area contributed by atoms with Gasteiger partial charge in [0.05, 0.1) is 6.04 Å². The van der Waals surface area contributed by atoms with E-state index in [4.69, 9.17) is 4.74 Å². The van der Waals surface area contributed by atoms with Crippen LogP contribution in [0.4, 0.5) is 4.39 Å². The molecule has 1 heterocycles. The van der Waals surface area contributed by atoms with E-state index in [1.165, 1.54) is 17.0 Å². The number of hydrogen-bond donors (Lipinski definition) is 1. The van der Waals surface area contributed by atoms with Crippen molar-refractivity contribution in [1.82, 2.24) is 10.2 Å². The highest BCUT2D eigenvalue weighted by molar-refractivity contribution is 7.09. The van der Waals surface area contributed by atoms with Crippen molar-refractivity contribution >= 4 is 17.2 Å². The van der Waals surface area contributed by atoms with E-state index in [-0.39, 0.29) is 17.8 Å². The summed E-state index contributed by atoms with van der Waals surface area (Å²) in [6.07, 6.45) is 0.855. The second-order valence-electron chi connectivity index (χ2n) is 5.58. The van der Waals surface area contributed by atoms with E-state index in [0.717, 1.165) is 6.42 Å². The maximum Gasteiger partial charge on any atom is 0.237 e. The van der Waals surface area contributed by atoms with Crippen LogP contribution in [-0.2, 0) is 11.2 Å². The summed E-state index contributed by atoms with van der Waals surface area (Å²) in [5.74, 6) is 0.348. The average Bonchev–Trinajstić information content (AvgIpc) is 3.09. The van der Waals surface area contributed by atoms with Crippen molar-refractivity contribution < 1.29 is 13.9 Å². The first kappa shape index (κ1) is 18.4. The number of carbonyl (C=O) groups excluding carboxylic acids is 1. The van der Waals surface area contributed by atoms with Crippen molar-refractivity contribution in [2.75, 3.05) is 26.7 Å². The fraction of sp³-hybridized carbons (Fsp3) is 0.389. The predicted molar refractivity (Wildman–Crippen MR) is 95.0 cm³/mol. The lowest BCUT2D eigenvalue weighted by Crippen LogP contribution is -2.45. The van der Waals surface area contributed by atoms with Crippen LogP contribution in [0.5, 0.6) is 5.75 Å². The second-order valence-corrected chi connectivity index (χ2v) is 6.61. The highest BCUT2D eigenvalue weighted by Gasteiger charge is 2.17. The number of benzene rings is 1. The first-order chi connectivity index (χ1) is 11.6. The Bertz CT molecular complexity index is 616. The van der Waals surface area contributed by atoms with Crippen LogP contribution < -0.4 is 10.1 Å². The summed E-state index contributed by atoms with van der Waals surface area (Å²) in [7, 11) is 1.89. The Kier molecular flexibility index (Phi) is 7.21. The van der Waals surface area contributed by atoms with Gasteiger partial charge in [-0.05, 0) is 56.1 Å². The fourth-order valence-electron chi connectivity index (χ4n) is 2.14. The van der Waals surface area contributed by atoms with Gasteiger partial charge in [-0.1, -0.05) is 6.07 Å². The Labute approximate surface area is 146 Å². The summed E-state index contributed by atoms with van der Waals surface area (Å²) >= 11 is 1.70. The molecule has 1 aromatic heterocycles. The van der Waals surface area contributed by atoms with Crippen LogP contribution in [0.3, 0.4) is 0 Å². The van der Waals surface area contributed by atoms with E-state index in [2.05, 4.69) is 11.4 Å². The van der Waals surface area contributed by atoms with E-state index in [9.17, 15) is 9.18 Å². The molecule has 1 N–H and O–H groups in total. The number of ether oxygens (including phenoxy) is 1. The van der Waals surface area contributed by atoms with Gasteiger partial charge >= 0.3 is 0 Å². The molecule has 4 nitrogen and oxygen atoms in total. The van der Waals surface area contributed by atoms with Crippen molar-refractivity contribution in [2.45, 2.75) is 19.4 Å². The Balaban J connectivity index is 1.65. The Hall–Kier alpha value is -1.92. The highest BCUT2D eigenvalue weighted by Crippen LogP contribution is 2.11. The molecule has 0 fully saturated rings. The molecule has 0 aliphatic rings. The lowest BCUT2D eigenvalue weighted by molar-refractivity contribution is -0.125. The van der Waals surface area contributed by atoms with Gasteiger partial charge < -0.3 is 10.1 Å². The molecule has 130 valence electrons. The molecule has 0 bridgehead atoms. The minimum Gasteiger partial charge on any atom is -0.492 e. The lowest BCUT2D eigenvalue weighted by atomic mass is 10.2. The van der Waals surface area contributed by atoms with Crippen LogP contribution in [0.15, 0.2) is 41.8 Å². The van der Waals surface area contributed by atoms with Gasteiger partial charge in [-0.2, -0.15) is 0 Å². The third-order valence-corrected chi connectivity index (χ3v) is 4.75. The van der Waals surface area contributed by atoms with Crippen molar-refractivity contribution in [3.8, 4) is 5.75 Å². The molecule has 1 amide bonds. The number of rotatable bonds is 9. The molecule has 1 aromatic carbocycles. The molecule has 2 aromatic rings. The molecule has 0 spiro atoms. The highest BCUT2D eigenvalue weighted by atomic mass is 32.1. The molecule has 6 heteroatoms. The molecule has 2 rings (SSSR count). The van der Waals surface area contributed by atoms with E-state index in [1.54, 1.807) is 23.5 Å². The quantitative estimate of drug-likeness (QED) is 0.756. The monoisotopic (exact) mass is 350 g/mol. The van der Waals surface area contributed by atoms with Gasteiger partial charge in [0.25, 0.3) is 0 Å². The van der Waals surface area contributed by atoms with Crippen molar-refractivity contribution in [1.29, 1.82) is 0 Å². The fourth-order valence-corrected chi connectivity index (χ4v) is 2.85. The summed E-state index contributed by atoms with van der Waals surface area (Å²) in [5.41, 5.74) is 0. The number of nitrogens with one attached hydrogen (secondary N) is 1. The first-order valence-electron chi connectivity index (χ1n) is 7.95. The largest absolute Gasteiger partial charge is 0.492 e. The average molecular weight is 350 g/mol. The molecule has 0 aliphatic heterocycles. The Morgan fingerprint density at radius 1 is 1.33 bits per heavy atom. The summed E-state index contributed by atoms with van der Waals surface area (Å²) in [5, 5.41) is 5.00. The molecule has 1 atom stereocenters. The maximum atomic E-state index is 12.8. The molecule has 1 unspecified atom stereocenters. The van der Waals surface area contributed by atoms with E-state index >= 15 is 0 Å².